The molecule has 0 unspecified atom stereocenters. The number of furan rings is 1. The normalized spacial score (nSPS) is 10.8. The van der Waals surface area contributed by atoms with Gasteiger partial charge in [-0.3, -0.25) is 4.79 Å². The fourth-order valence-electron chi connectivity index (χ4n) is 2.09. The van der Waals surface area contributed by atoms with Gasteiger partial charge in [0.2, 0.25) is 0 Å². The van der Waals surface area contributed by atoms with Crippen LogP contribution in [0.1, 0.15) is 51.8 Å². The molecule has 0 atom stereocenters. The molecular formula is C16H16ClNO4. The number of rotatable bonds is 4. The van der Waals surface area contributed by atoms with Gasteiger partial charge in [-0.15, -0.1) is 0 Å². The third-order valence-corrected chi connectivity index (χ3v) is 3.70. The van der Waals surface area contributed by atoms with E-state index in [9.17, 15) is 14.7 Å². The lowest BCUT2D eigenvalue weighted by molar-refractivity contribution is 0.0696. The van der Waals surface area contributed by atoms with Gasteiger partial charge in [0.15, 0.2) is 5.76 Å². The largest absolute Gasteiger partial charge is 0.478 e. The first kappa shape index (κ1) is 16.1. The summed E-state index contributed by atoms with van der Waals surface area (Å²) in [5.41, 5.74) is 1.69. The van der Waals surface area contributed by atoms with E-state index >= 15 is 0 Å². The number of halogens is 1. The van der Waals surface area contributed by atoms with Crippen LogP contribution in [0.4, 0.5) is 5.69 Å². The number of anilines is 1. The Labute approximate surface area is 132 Å². The van der Waals surface area contributed by atoms with Crippen molar-refractivity contribution in [2.45, 2.75) is 26.7 Å². The van der Waals surface area contributed by atoms with E-state index in [0.29, 0.717) is 16.8 Å². The fraction of sp³-hybridized carbons (Fsp3) is 0.250. The zero-order valence-electron chi connectivity index (χ0n) is 12.4. The first-order chi connectivity index (χ1) is 10.3. The number of carboxylic acids is 1. The molecule has 1 amide bonds. The van der Waals surface area contributed by atoms with E-state index in [1.54, 1.807) is 19.1 Å². The van der Waals surface area contributed by atoms with Crippen LogP contribution in [0.25, 0.3) is 0 Å². The molecule has 0 aliphatic carbocycles. The standard InChI is InChI=1S/C16H16ClNO4/c1-8(2)11-6-10(7-12(13(11)17)16(20)21)18-15(19)14-9(3)4-5-22-14/h4-8H,1-3H3,(H,18,19)(H,20,21). The van der Waals surface area contributed by atoms with Gasteiger partial charge in [-0.2, -0.15) is 0 Å². The molecular weight excluding hydrogens is 306 g/mol. The van der Waals surface area contributed by atoms with Gasteiger partial charge in [0, 0.05) is 11.3 Å². The Morgan fingerprint density at radius 1 is 1.32 bits per heavy atom. The van der Waals surface area contributed by atoms with Crippen LogP contribution >= 0.6 is 11.6 Å². The zero-order valence-corrected chi connectivity index (χ0v) is 13.2. The average Bonchev–Trinajstić information content (AvgIpc) is 2.86. The summed E-state index contributed by atoms with van der Waals surface area (Å²) in [4.78, 5) is 23.5. The fourth-order valence-corrected chi connectivity index (χ4v) is 2.50. The molecule has 5 nitrogen and oxygen atoms in total. The van der Waals surface area contributed by atoms with Crippen molar-refractivity contribution < 1.29 is 19.1 Å². The Bertz CT molecular complexity index is 734. The summed E-state index contributed by atoms with van der Waals surface area (Å²) in [6, 6.07) is 4.70. The van der Waals surface area contributed by atoms with Gasteiger partial charge in [-0.1, -0.05) is 25.4 Å². The molecule has 0 aliphatic rings. The number of hydrogen-bond acceptors (Lipinski definition) is 3. The molecule has 1 heterocycles. The predicted octanol–water partition coefficient (Wildman–Crippen LogP) is 4.32. The molecule has 2 N–H and O–H groups in total. The van der Waals surface area contributed by atoms with Gasteiger partial charge in [0.1, 0.15) is 0 Å². The van der Waals surface area contributed by atoms with Crippen LogP contribution in [0.3, 0.4) is 0 Å². The quantitative estimate of drug-likeness (QED) is 0.879. The second-order valence-corrected chi connectivity index (χ2v) is 5.65. The number of aromatic carboxylic acids is 1. The van der Waals surface area contributed by atoms with E-state index in [2.05, 4.69) is 5.32 Å². The predicted molar refractivity (Wildman–Crippen MR) is 83.9 cm³/mol. The Morgan fingerprint density at radius 2 is 2.00 bits per heavy atom. The minimum atomic E-state index is -1.14. The number of aryl methyl sites for hydroxylation is 1. The van der Waals surface area contributed by atoms with Crippen molar-refractivity contribution in [3.8, 4) is 0 Å². The topological polar surface area (TPSA) is 79.5 Å². The first-order valence-electron chi connectivity index (χ1n) is 6.73. The highest BCUT2D eigenvalue weighted by molar-refractivity contribution is 6.34. The van der Waals surface area contributed by atoms with E-state index in [-0.39, 0.29) is 22.3 Å². The molecule has 0 radical (unpaired) electrons. The van der Waals surface area contributed by atoms with E-state index < -0.39 is 11.9 Å². The minimum absolute atomic E-state index is 0.0211. The average molecular weight is 322 g/mol. The Morgan fingerprint density at radius 3 is 2.50 bits per heavy atom. The van der Waals surface area contributed by atoms with Crippen LogP contribution in [-0.2, 0) is 0 Å². The van der Waals surface area contributed by atoms with Crippen molar-refractivity contribution in [3.63, 3.8) is 0 Å². The van der Waals surface area contributed by atoms with Gasteiger partial charge >= 0.3 is 5.97 Å². The zero-order chi connectivity index (χ0) is 16.4. The Balaban J connectivity index is 2.41. The van der Waals surface area contributed by atoms with Crippen molar-refractivity contribution in [2.24, 2.45) is 0 Å². The number of benzene rings is 1. The highest BCUT2D eigenvalue weighted by Crippen LogP contribution is 2.31. The SMILES string of the molecule is Cc1ccoc1C(=O)Nc1cc(C(=O)O)c(Cl)c(C(C)C)c1. The molecule has 0 spiro atoms. The molecule has 0 aliphatic heterocycles. The highest BCUT2D eigenvalue weighted by Gasteiger charge is 2.19. The molecule has 2 rings (SSSR count). The Hall–Kier alpha value is -2.27. The third-order valence-electron chi connectivity index (χ3n) is 3.28. The third kappa shape index (κ3) is 3.14. The van der Waals surface area contributed by atoms with Crippen LogP contribution in [0.5, 0.6) is 0 Å². The summed E-state index contributed by atoms with van der Waals surface area (Å²) in [5, 5.41) is 12.1. The van der Waals surface area contributed by atoms with Crippen LogP contribution in [0.2, 0.25) is 5.02 Å². The van der Waals surface area contributed by atoms with Crippen molar-refractivity contribution in [1.82, 2.24) is 0 Å². The van der Waals surface area contributed by atoms with Crippen molar-refractivity contribution in [2.75, 3.05) is 5.32 Å². The van der Waals surface area contributed by atoms with E-state index in [0.717, 1.165) is 0 Å². The molecule has 0 bridgehead atoms. The molecule has 1 aromatic carbocycles. The summed E-state index contributed by atoms with van der Waals surface area (Å²) in [5.74, 6) is -1.36. The van der Waals surface area contributed by atoms with Crippen LogP contribution < -0.4 is 5.32 Å². The maximum Gasteiger partial charge on any atom is 0.337 e. The lowest BCUT2D eigenvalue weighted by Crippen LogP contribution is -2.13. The number of carboxylic acid groups (broad SMARTS) is 1. The van der Waals surface area contributed by atoms with Crippen molar-refractivity contribution in [3.05, 3.63) is 51.9 Å². The maximum atomic E-state index is 12.2. The second kappa shape index (κ2) is 6.23. The second-order valence-electron chi connectivity index (χ2n) is 5.27. The minimum Gasteiger partial charge on any atom is -0.478 e. The maximum absolute atomic E-state index is 12.2. The van der Waals surface area contributed by atoms with Gasteiger partial charge in [0.05, 0.1) is 16.8 Å². The molecule has 116 valence electrons. The number of amides is 1. The van der Waals surface area contributed by atoms with Crippen LogP contribution in [-0.4, -0.2) is 17.0 Å². The summed E-state index contributed by atoms with van der Waals surface area (Å²) >= 11 is 6.12. The van der Waals surface area contributed by atoms with E-state index in [1.165, 1.54) is 12.3 Å². The molecule has 0 fully saturated rings. The van der Waals surface area contributed by atoms with Gasteiger partial charge in [-0.25, -0.2) is 4.79 Å². The number of carbonyl (C=O) groups excluding carboxylic acids is 1. The molecule has 2 aromatic rings. The molecule has 0 saturated carbocycles. The summed E-state index contributed by atoms with van der Waals surface area (Å²) < 4.78 is 5.12. The summed E-state index contributed by atoms with van der Waals surface area (Å²) in [7, 11) is 0. The number of hydrogen-bond donors (Lipinski definition) is 2. The lowest BCUT2D eigenvalue weighted by atomic mass is 9.99. The van der Waals surface area contributed by atoms with E-state index in [1.807, 2.05) is 13.8 Å². The van der Waals surface area contributed by atoms with Crippen LogP contribution in [0.15, 0.2) is 28.9 Å². The summed E-state index contributed by atoms with van der Waals surface area (Å²) in [6.07, 6.45) is 1.42. The van der Waals surface area contributed by atoms with Crippen molar-refractivity contribution in [1.29, 1.82) is 0 Å². The first-order valence-corrected chi connectivity index (χ1v) is 7.11. The smallest absolute Gasteiger partial charge is 0.337 e. The number of carbonyl (C=O) groups is 2. The number of nitrogens with one attached hydrogen (secondary N) is 1. The molecule has 1 aromatic heterocycles. The lowest BCUT2D eigenvalue weighted by Gasteiger charge is -2.14. The monoisotopic (exact) mass is 321 g/mol. The molecule has 0 saturated heterocycles. The van der Waals surface area contributed by atoms with Gasteiger partial charge in [0.25, 0.3) is 5.91 Å². The van der Waals surface area contributed by atoms with Gasteiger partial charge in [-0.05, 0) is 36.6 Å². The van der Waals surface area contributed by atoms with Crippen molar-refractivity contribution >= 4 is 29.2 Å². The molecule has 22 heavy (non-hydrogen) atoms. The Kier molecular flexibility index (Phi) is 4.56. The van der Waals surface area contributed by atoms with E-state index in [4.69, 9.17) is 16.0 Å². The molecule has 6 heteroatoms. The van der Waals surface area contributed by atoms with Gasteiger partial charge < -0.3 is 14.8 Å². The summed E-state index contributed by atoms with van der Waals surface area (Å²) in [6.45, 7) is 5.55. The highest BCUT2D eigenvalue weighted by atomic mass is 35.5. The van der Waals surface area contributed by atoms with Crippen LogP contribution in [0, 0.1) is 6.92 Å².